The Morgan fingerprint density at radius 1 is 1.14 bits per heavy atom. The quantitative estimate of drug-likeness (QED) is 0.653. The molecular weight excluding hydrogens is 375 g/mol. The van der Waals surface area contributed by atoms with Gasteiger partial charge in [-0.3, -0.25) is 9.80 Å². The number of hydrogen-bond donors (Lipinski definition) is 1. The van der Waals surface area contributed by atoms with Gasteiger partial charge < -0.3 is 9.84 Å². The van der Waals surface area contributed by atoms with Crippen molar-refractivity contribution in [3.05, 3.63) is 53.3 Å². The van der Waals surface area contributed by atoms with E-state index in [0.717, 1.165) is 42.8 Å². The molecule has 1 saturated heterocycles. The summed E-state index contributed by atoms with van der Waals surface area (Å²) < 4.78 is 24.2. The van der Waals surface area contributed by atoms with E-state index >= 15 is 0 Å². The molecule has 4 rings (SSSR count). The number of halogens is 1. The van der Waals surface area contributed by atoms with Crippen LogP contribution in [0.25, 0.3) is 11.0 Å². The molecular formula is C21H25FN4O3. The van der Waals surface area contributed by atoms with Gasteiger partial charge in [-0.15, -0.1) is 0 Å². The molecule has 29 heavy (non-hydrogen) atoms. The molecule has 2 heterocycles. The van der Waals surface area contributed by atoms with Crippen LogP contribution >= 0.6 is 0 Å². The largest absolute Gasteiger partial charge is 0.497 e. The maximum Gasteiger partial charge on any atom is 0.135 e. The topological polar surface area (TPSA) is 74.9 Å². The highest BCUT2D eigenvalue weighted by Gasteiger charge is 2.27. The van der Waals surface area contributed by atoms with Crippen LogP contribution in [-0.2, 0) is 13.1 Å². The number of aliphatic hydroxyl groups excluding tert-OH is 1. The minimum atomic E-state index is -0.260. The van der Waals surface area contributed by atoms with Gasteiger partial charge in [-0.2, -0.15) is 0 Å². The van der Waals surface area contributed by atoms with E-state index in [2.05, 4.69) is 20.1 Å². The molecule has 1 fully saturated rings. The molecule has 1 aromatic heterocycles. The van der Waals surface area contributed by atoms with Crippen LogP contribution in [0.2, 0.25) is 0 Å². The standard InChI is InChI=1S/C21H25FN4O3/c1-28-18-4-3-16(19(22)11-18)13-26-8-7-25(14-17(26)6-9-27)12-15-2-5-20-21(10-15)24-29-23-20/h2-5,10-11,17,27H,6-9,12-14H2,1H3. The third kappa shape index (κ3) is 4.55. The fourth-order valence-corrected chi connectivity index (χ4v) is 3.92. The Hall–Kier alpha value is -2.55. The Kier molecular flexibility index (Phi) is 6.03. The number of nitrogens with zero attached hydrogens (tertiary/aromatic N) is 4. The molecule has 3 aromatic rings. The summed E-state index contributed by atoms with van der Waals surface area (Å²) in [5.74, 6) is 0.256. The van der Waals surface area contributed by atoms with Crippen molar-refractivity contribution in [1.29, 1.82) is 0 Å². The number of benzene rings is 2. The van der Waals surface area contributed by atoms with Crippen LogP contribution in [0.3, 0.4) is 0 Å². The second kappa shape index (κ2) is 8.86. The molecule has 1 unspecified atom stereocenters. The Bertz CT molecular complexity index is 964. The molecule has 1 aliphatic rings. The van der Waals surface area contributed by atoms with Gasteiger partial charge in [0.05, 0.1) is 7.11 Å². The van der Waals surface area contributed by atoms with E-state index in [4.69, 9.17) is 9.37 Å². The molecule has 0 aliphatic carbocycles. The van der Waals surface area contributed by atoms with Crippen LogP contribution in [0.5, 0.6) is 5.75 Å². The van der Waals surface area contributed by atoms with Gasteiger partial charge in [0, 0.05) is 57.0 Å². The maximum absolute atomic E-state index is 14.4. The zero-order chi connectivity index (χ0) is 20.2. The SMILES string of the molecule is COc1ccc(CN2CCN(Cc3ccc4nonc4c3)CC2CCO)c(F)c1. The van der Waals surface area contributed by atoms with E-state index in [1.54, 1.807) is 12.1 Å². The molecule has 1 atom stereocenters. The molecule has 0 saturated carbocycles. The first-order chi connectivity index (χ1) is 14.2. The van der Waals surface area contributed by atoms with Crippen LogP contribution < -0.4 is 4.74 Å². The van der Waals surface area contributed by atoms with Gasteiger partial charge in [0.15, 0.2) is 0 Å². The second-order valence-electron chi connectivity index (χ2n) is 7.42. The van der Waals surface area contributed by atoms with Gasteiger partial charge in [-0.1, -0.05) is 12.1 Å². The Morgan fingerprint density at radius 3 is 2.79 bits per heavy atom. The lowest BCUT2D eigenvalue weighted by atomic mass is 10.1. The van der Waals surface area contributed by atoms with E-state index in [9.17, 15) is 9.50 Å². The summed E-state index contributed by atoms with van der Waals surface area (Å²) in [4.78, 5) is 4.61. The number of piperazine rings is 1. The highest BCUT2D eigenvalue weighted by Crippen LogP contribution is 2.22. The molecule has 154 valence electrons. The normalized spacial score (nSPS) is 18.4. The third-order valence-corrected chi connectivity index (χ3v) is 5.51. The number of aromatic nitrogens is 2. The van der Waals surface area contributed by atoms with Gasteiger partial charge in [0.2, 0.25) is 0 Å². The predicted molar refractivity (Wildman–Crippen MR) is 106 cm³/mol. The first kappa shape index (κ1) is 19.8. The molecule has 8 heteroatoms. The Morgan fingerprint density at radius 2 is 2.00 bits per heavy atom. The van der Waals surface area contributed by atoms with Crippen molar-refractivity contribution >= 4 is 11.0 Å². The van der Waals surface area contributed by atoms with Crippen LogP contribution in [0.1, 0.15) is 17.5 Å². The summed E-state index contributed by atoms with van der Waals surface area (Å²) in [6.07, 6.45) is 0.653. The van der Waals surface area contributed by atoms with Crippen molar-refractivity contribution in [2.75, 3.05) is 33.4 Å². The third-order valence-electron chi connectivity index (χ3n) is 5.51. The molecule has 0 spiro atoms. The van der Waals surface area contributed by atoms with Crippen LogP contribution in [0, 0.1) is 5.82 Å². The smallest absolute Gasteiger partial charge is 0.135 e. The minimum Gasteiger partial charge on any atom is -0.497 e. The first-order valence-corrected chi connectivity index (χ1v) is 9.77. The molecule has 2 aromatic carbocycles. The van der Waals surface area contributed by atoms with E-state index in [1.165, 1.54) is 13.2 Å². The maximum atomic E-state index is 14.4. The number of methoxy groups -OCH3 is 1. The highest BCUT2D eigenvalue weighted by atomic mass is 19.1. The van der Waals surface area contributed by atoms with Gasteiger partial charge in [-0.05, 0) is 40.5 Å². The number of rotatable bonds is 7. The Balaban J connectivity index is 1.42. The number of ether oxygens (including phenoxy) is 1. The summed E-state index contributed by atoms with van der Waals surface area (Å²) in [7, 11) is 1.53. The first-order valence-electron chi connectivity index (χ1n) is 9.77. The monoisotopic (exact) mass is 400 g/mol. The molecule has 1 aliphatic heterocycles. The van der Waals surface area contributed by atoms with E-state index < -0.39 is 0 Å². The van der Waals surface area contributed by atoms with Crippen molar-refractivity contribution in [1.82, 2.24) is 20.1 Å². The zero-order valence-electron chi connectivity index (χ0n) is 16.4. The lowest BCUT2D eigenvalue weighted by Gasteiger charge is -2.41. The van der Waals surface area contributed by atoms with Gasteiger partial charge in [0.25, 0.3) is 0 Å². The van der Waals surface area contributed by atoms with Gasteiger partial charge in [0.1, 0.15) is 22.6 Å². The van der Waals surface area contributed by atoms with E-state index in [-0.39, 0.29) is 18.5 Å². The second-order valence-corrected chi connectivity index (χ2v) is 7.42. The predicted octanol–water partition coefficient (Wildman–Crippen LogP) is 2.44. The van der Waals surface area contributed by atoms with E-state index in [0.29, 0.717) is 24.3 Å². The van der Waals surface area contributed by atoms with Crippen molar-refractivity contribution in [3.8, 4) is 5.75 Å². The van der Waals surface area contributed by atoms with Crippen molar-refractivity contribution in [2.24, 2.45) is 0 Å². The molecule has 0 bridgehead atoms. The number of fused-ring (bicyclic) bond motifs is 1. The lowest BCUT2D eigenvalue weighted by Crippen LogP contribution is -2.52. The summed E-state index contributed by atoms with van der Waals surface area (Å²) in [5.41, 5.74) is 3.29. The molecule has 0 radical (unpaired) electrons. The minimum absolute atomic E-state index is 0.108. The van der Waals surface area contributed by atoms with E-state index in [1.807, 2.05) is 18.2 Å². The zero-order valence-corrected chi connectivity index (χ0v) is 16.4. The van der Waals surface area contributed by atoms with Crippen LogP contribution in [0.4, 0.5) is 4.39 Å². The molecule has 1 N–H and O–H groups in total. The molecule has 0 amide bonds. The number of aliphatic hydroxyl groups is 1. The lowest BCUT2D eigenvalue weighted by molar-refractivity contribution is 0.0493. The van der Waals surface area contributed by atoms with Gasteiger partial charge in [-0.25, -0.2) is 9.02 Å². The molecule has 7 nitrogen and oxygen atoms in total. The van der Waals surface area contributed by atoms with Crippen molar-refractivity contribution in [2.45, 2.75) is 25.6 Å². The Labute approximate surface area is 168 Å². The summed E-state index contributed by atoms with van der Waals surface area (Å²) in [6.45, 7) is 3.91. The van der Waals surface area contributed by atoms with Crippen LogP contribution in [0.15, 0.2) is 41.0 Å². The summed E-state index contributed by atoms with van der Waals surface area (Å²) in [6, 6.07) is 11.1. The fraction of sp³-hybridized carbons (Fsp3) is 0.429. The number of hydrogen-bond acceptors (Lipinski definition) is 7. The summed E-state index contributed by atoms with van der Waals surface area (Å²) >= 11 is 0. The summed E-state index contributed by atoms with van der Waals surface area (Å²) in [5, 5.41) is 17.3. The van der Waals surface area contributed by atoms with Crippen molar-refractivity contribution < 1.29 is 18.9 Å². The van der Waals surface area contributed by atoms with Crippen molar-refractivity contribution in [3.63, 3.8) is 0 Å². The van der Waals surface area contributed by atoms with Crippen LogP contribution in [-0.4, -0.2) is 64.6 Å². The van der Waals surface area contributed by atoms with Gasteiger partial charge >= 0.3 is 0 Å². The average Bonchev–Trinajstić information content (AvgIpc) is 3.19. The fourth-order valence-electron chi connectivity index (χ4n) is 3.92. The highest BCUT2D eigenvalue weighted by molar-refractivity contribution is 5.73. The average molecular weight is 400 g/mol.